The molecule has 76 valence electrons. The number of hydrogen-bond acceptors (Lipinski definition) is 1. The maximum atomic E-state index is 13.2. The molecule has 0 aromatic heterocycles. The largest absolute Gasteiger partial charge is 0.367 e. The molecule has 1 aromatic carbocycles. The lowest BCUT2D eigenvalue weighted by Gasteiger charge is -2.17. The van der Waals surface area contributed by atoms with Crippen LogP contribution >= 0.6 is 11.6 Å². The molecule has 1 heterocycles. The second-order valence-electron chi connectivity index (χ2n) is 3.31. The van der Waals surface area contributed by atoms with Crippen LogP contribution in [0.2, 0.25) is 5.02 Å². The zero-order valence-electron chi connectivity index (χ0n) is 7.34. The standard InChI is InChI=1S/C10H9ClF2O/c11-8-3-1-7(2-4-8)9-10(12,13)5-6-14-9/h1-4,9H,5-6H2. The zero-order chi connectivity index (χ0) is 10.2. The molecule has 4 heteroatoms. The molecule has 0 bridgehead atoms. The van der Waals surface area contributed by atoms with E-state index >= 15 is 0 Å². The summed E-state index contributed by atoms with van der Waals surface area (Å²) in [6.45, 7) is 0.111. The van der Waals surface area contributed by atoms with Crippen LogP contribution in [0.15, 0.2) is 24.3 Å². The Labute approximate surface area is 85.6 Å². The number of ether oxygens (including phenoxy) is 1. The van der Waals surface area contributed by atoms with Crippen molar-refractivity contribution in [3.8, 4) is 0 Å². The number of alkyl halides is 2. The molecule has 0 saturated carbocycles. The maximum absolute atomic E-state index is 13.2. The van der Waals surface area contributed by atoms with E-state index in [1.54, 1.807) is 24.3 Å². The number of rotatable bonds is 1. The molecule has 0 amide bonds. The molecule has 0 radical (unpaired) electrons. The van der Waals surface area contributed by atoms with Crippen LogP contribution < -0.4 is 0 Å². The third kappa shape index (κ3) is 1.74. The number of benzene rings is 1. The molecule has 2 rings (SSSR count). The Bertz CT molecular complexity index is 323. The van der Waals surface area contributed by atoms with Gasteiger partial charge in [0, 0.05) is 11.4 Å². The summed E-state index contributed by atoms with van der Waals surface area (Å²) in [5, 5.41) is 0.537. The summed E-state index contributed by atoms with van der Waals surface area (Å²) in [6, 6.07) is 6.34. The van der Waals surface area contributed by atoms with E-state index in [0.29, 0.717) is 10.6 Å². The van der Waals surface area contributed by atoms with Crippen LogP contribution in [-0.4, -0.2) is 12.5 Å². The number of hydrogen-bond donors (Lipinski definition) is 0. The van der Waals surface area contributed by atoms with Crippen molar-refractivity contribution < 1.29 is 13.5 Å². The minimum Gasteiger partial charge on any atom is -0.367 e. The third-order valence-electron chi connectivity index (χ3n) is 2.28. The first kappa shape index (κ1) is 9.87. The topological polar surface area (TPSA) is 9.23 Å². The SMILES string of the molecule is FC1(F)CCOC1c1ccc(Cl)cc1. The highest BCUT2D eigenvalue weighted by Gasteiger charge is 2.45. The van der Waals surface area contributed by atoms with Gasteiger partial charge in [-0.3, -0.25) is 0 Å². The zero-order valence-corrected chi connectivity index (χ0v) is 8.10. The fourth-order valence-electron chi connectivity index (χ4n) is 1.54. The van der Waals surface area contributed by atoms with Gasteiger partial charge in [0.25, 0.3) is 5.92 Å². The summed E-state index contributed by atoms with van der Waals surface area (Å²) >= 11 is 5.66. The van der Waals surface area contributed by atoms with E-state index in [1.807, 2.05) is 0 Å². The van der Waals surface area contributed by atoms with E-state index in [4.69, 9.17) is 16.3 Å². The van der Waals surface area contributed by atoms with E-state index in [2.05, 4.69) is 0 Å². The predicted octanol–water partition coefficient (Wildman–Crippen LogP) is 3.44. The quantitative estimate of drug-likeness (QED) is 0.702. The van der Waals surface area contributed by atoms with Crippen LogP contribution in [0.4, 0.5) is 8.78 Å². The Balaban J connectivity index is 2.27. The molecular formula is C10H9ClF2O. The molecule has 1 aromatic rings. The van der Waals surface area contributed by atoms with Crippen LogP contribution in [0, 0.1) is 0 Å². The first-order valence-electron chi connectivity index (χ1n) is 4.34. The minimum atomic E-state index is -2.76. The Morgan fingerprint density at radius 3 is 2.43 bits per heavy atom. The van der Waals surface area contributed by atoms with Crippen LogP contribution in [0.5, 0.6) is 0 Å². The van der Waals surface area contributed by atoms with Crippen LogP contribution in [0.25, 0.3) is 0 Å². The molecular weight excluding hydrogens is 210 g/mol. The second kappa shape index (κ2) is 3.48. The van der Waals surface area contributed by atoms with Crippen molar-refractivity contribution in [1.29, 1.82) is 0 Å². The molecule has 1 saturated heterocycles. The lowest BCUT2D eigenvalue weighted by molar-refractivity contribution is -0.0698. The van der Waals surface area contributed by atoms with E-state index < -0.39 is 12.0 Å². The summed E-state index contributed by atoms with van der Waals surface area (Å²) in [5.74, 6) is -2.76. The lowest BCUT2D eigenvalue weighted by Crippen LogP contribution is -2.20. The molecule has 1 atom stereocenters. The van der Waals surface area contributed by atoms with Crippen molar-refractivity contribution in [3.63, 3.8) is 0 Å². The Morgan fingerprint density at radius 2 is 1.93 bits per heavy atom. The summed E-state index contributed by atoms with van der Waals surface area (Å²) < 4.78 is 31.5. The highest BCUT2D eigenvalue weighted by Crippen LogP contribution is 2.42. The normalized spacial score (nSPS) is 25.2. The molecule has 0 aliphatic carbocycles. The molecule has 0 spiro atoms. The molecule has 0 N–H and O–H groups in total. The first-order valence-corrected chi connectivity index (χ1v) is 4.72. The Morgan fingerprint density at radius 1 is 1.29 bits per heavy atom. The van der Waals surface area contributed by atoms with Gasteiger partial charge in [0.15, 0.2) is 0 Å². The van der Waals surface area contributed by atoms with Gasteiger partial charge >= 0.3 is 0 Å². The third-order valence-corrected chi connectivity index (χ3v) is 2.53. The fraction of sp³-hybridized carbons (Fsp3) is 0.400. The maximum Gasteiger partial charge on any atom is 0.280 e. The van der Waals surface area contributed by atoms with Crippen LogP contribution in [0.1, 0.15) is 18.1 Å². The highest BCUT2D eigenvalue weighted by molar-refractivity contribution is 6.30. The van der Waals surface area contributed by atoms with Crippen molar-refractivity contribution in [2.24, 2.45) is 0 Å². The molecule has 1 fully saturated rings. The van der Waals surface area contributed by atoms with Gasteiger partial charge < -0.3 is 4.74 Å². The van der Waals surface area contributed by atoms with E-state index in [0.717, 1.165) is 0 Å². The van der Waals surface area contributed by atoms with E-state index in [-0.39, 0.29) is 13.0 Å². The smallest absolute Gasteiger partial charge is 0.280 e. The average Bonchev–Trinajstić information content (AvgIpc) is 2.47. The highest BCUT2D eigenvalue weighted by atomic mass is 35.5. The second-order valence-corrected chi connectivity index (χ2v) is 3.75. The van der Waals surface area contributed by atoms with Gasteiger partial charge in [0.05, 0.1) is 6.61 Å². The first-order chi connectivity index (χ1) is 6.59. The minimum absolute atomic E-state index is 0.111. The van der Waals surface area contributed by atoms with E-state index in [9.17, 15) is 8.78 Å². The van der Waals surface area contributed by atoms with E-state index in [1.165, 1.54) is 0 Å². The van der Waals surface area contributed by atoms with Crippen molar-refractivity contribution in [2.45, 2.75) is 18.4 Å². The van der Waals surface area contributed by atoms with Gasteiger partial charge in [-0.1, -0.05) is 23.7 Å². The average molecular weight is 219 g/mol. The lowest BCUT2D eigenvalue weighted by atomic mass is 10.0. The molecule has 14 heavy (non-hydrogen) atoms. The Hall–Kier alpha value is -0.670. The van der Waals surface area contributed by atoms with Gasteiger partial charge in [0.2, 0.25) is 0 Å². The fourth-order valence-corrected chi connectivity index (χ4v) is 1.67. The molecule has 1 aliphatic heterocycles. The van der Waals surface area contributed by atoms with Gasteiger partial charge in [-0.05, 0) is 17.7 Å². The number of halogens is 3. The van der Waals surface area contributed by atoms with Gasteiger partial charge in [-0.15, -0.1) is 0 Å². The Kier molecular flexibility index (Phi) is 2.45. The van der Waals surface area contributed by atoms with Crippen molar-refractivity contribution in [2.75, 3.05) is 6.61 Å². The van der Waals surface area contributed by atoms with Gasteiger partial charge in [0.1, 0.15) is 6.10 Å². The molecule has 1 nitrogen and oxygen atoms in total. The monoisotopic (exact) mass is 218 g/mol. The van der Waals surface area contributed by atoms with Crippen molar-refractivity contribution in [1.82, 2.24) is 0 Å². The summed E-state index contributed by atoms with van der Waals surface area (Å²) in [5.41, 5.74) is 0.483. The summed E-state index contributed by atoms with van der Waals surface area (Å²) in [4.78, 5) is 0. The van der Waals surface area contributed by atoms with Crippen molar-refractivity contribution >= 4 is 11.6 Å². The molecule has 1 aliphatic rings. The summed E-state index contributed by atoms with van der Waals surface area (Å²) in [6.07, 6.45) is -1.32. The van der Waals surface area contributed by atoms with Crippen LogP contribution in [-0.2, 0) is 4.74 Å². The summed E-state index contributed by atoms with van der Waals surface area (Å²) in [7, 11) is 0. The predicted molar refractivity (Wildman–Crippen MR) is 49.7 cm³/mol. The molecule has 1 unspecified atom stereocenters. The van der Waals surface area contributed by atoms with Gasteiger partial charge in [-0.2, -0.15) is 0 Å². The van der Waals surface area contributed by atoms with Crippen LogP contribution in [0.3, 0.4) is 0 Å². The van der Waals surface area contributed by atoms with Crippen molar-refractivity contribution in [3.05, 3.63) is 34.9 Å². The van der Waals surface area contributed by atoms with Gasteiger partial charge in [-0.25, -0.2) is 8.78 Å².